The SMILES string of the molecule is Cc1ccc(-c2nc(Cl)cs2)c(F)c1F. The van der Waals surface area contributed by atoms with Crippen LogP contribution in [0.2, 0.25) is 5.15 Å². The maximum atomic E-state index is 13.5. The van der Waals surface area contributed by atoms with Gasteiger partial charge in [-0.05, 0) is 18.6 Å². The third-order valence-corrected chi connectivity index (χ3v) is 3.18. The Labute approximate surface area is 94.3 Å². The highest BCUT2D eigenvalue weighted by atomic mass is 35.5. The van der Waals surface area contributed by atoms with Crippen LogP contribution in [-0.4, -0.2) is 4.98 Å². The molecule has 2 aromatic rings. The summed E-state index contributed by atoms with van der Waals surface area (Å²) in [5, 5.41) is 2.25. The molecule has 78 valence electrons. The first-order valence-electron chi connectivity index (χ1n) is 4.15. The fraction of sp³-hybridized carbons (Fsp3) is 0.100. The lowest BCUT2D eigenvalue weighted by Crippen LogP contribution is -1.92. The van der Waals surface area contributed by atoms with Crippen molar-refractivity contribution in [2.75, 3.05) is 0 Å². The highest BCUT2D eigenvalue weighted by Crippen LogP contribution is 2.29. The van der Waals surface area contributed by atoms with Crippen molar-refractivity contribution in [3.63, 3.8) is 0 Å². The van der Waals surface area contributed by atoms with Crippen LogP contribution in [0.1, 0.15) is 5.56 Å². The van der Waals surface area contributed by atoms with Crippen molar-refractivity contribution in [1.29, 1.82) is 0 Å². The summed E-state index contributed by atoms with van der Waals surface area (Å²) in [5.74, 6) is -1.71. The van der Waals surface area contributed by atoms with Crippen molar-refractivity contribution in [3.05, 3.63) is 39.9 Å². The number of hydrogen-bond acceptors (Lipinski definition) is 2. The van der Waals surface area contributed by atoms with E-state index in [0.29, 0.717) is 5.01 Å². The monoisotopic (exact) mass is 245 g/mol. The Kier molecular flexibility index (Phi) is 2.71. The molecule has 0 spiro atoms. The van der Waals surface area contributed by atoms with Gasteiger partial charge in [-0.15, -0.1) is 11.3 Å². The van der Waals surface area contributed by atoms with Crippen LogP contribution in [0, 0.1) is 18.6 Å². The van der Waals surface area contributed by atoms with Crippen LogP contribution in [0.3, 0.4) is 0 Å². The Morgan fingerprint density at radius 2 is 2.00 bits per heavy atom. The van der Waals surface area contributed by atoms with Gasteiger partial charge < -0.3 is 0 Å². The number of rotatable bonds is 1. The number of aromatic nitrogens is 1. The van der Waals surface area contributed by atoms with Gasteiger partial charge in [-0.25, -0.2) is 13.8 Å². The summed E-state index contributed by atoms with van der Waals surface area (Å²) in [7, 11) is 0. The second-order valence-electron chi connectivity index (χ2n) is 3.03. The molecule has 0 aliphatic rings. The van der Waals surface area contributed by atoms with Gasteiger partial charge in [-0.3, -0.25) is 0 Å². The summed E-state index contributed by atoms with van der Waals surface area (Å²) in [6.07, 6.45) is 0. The molecular weight excluding hydrogens is 240 g/mol. The molecule has 0 saturated heterocycles. The lowest BCUT2D eigenvalue weighted by Gasteiger charge is -2.02. The molecule has 2 rings (SSSR count). The number of thiazole rings is 1. The average molecular weight is 246 g/mol. The second kappa shape index (κ2) is 3.87. The number of benzene rings is 1. The third kappa shape index (κ3) is 1.87. The van der Waals surface area contributed by atoms with Gasteiger partial charge >= 0.3 is 0 Å². The molecule has 0 radical (unpaired) electrons. The maximum absolute atomic E-state index is 13.5. The van der Waals surface area contributed by atoms with Crippen LogP contribution < -0.4 is 0 Å². The van der Waals surface area contributed by atoms with Crippen molar-refractivity contribution in [2.24, 2.45) is 0 Å². The molecule has 0 fully saturated rings. The smallest absolute Gasteiger partial charge is 0.169 e. The van der Waals surface area contributed by atoms with E-state index in [9.17, 15) is 8.78 Å². The second-order valence-corrected chi connectivity index (χ2v) is 4.28. The largest absolute Gasteiger partial charge is 0.224 e. The predicted molar refractivity (Wildman–Crippen MR) is 57.2 cm³/mol. The number of aryl methyl sites for hydroxylation is 1. The van der Waals surface area contributed by atoms with Crippen molar-refractivity contribution >= 4 is 22.9 Å². The molecular formula is C10H6ClF2NS. The Hall–Kier alpha value is -1.00. The Bertz CT molecular complexity index is 510. The average Bonchev–Trinajstić information content (AvgIpc) is 2.61. The molecule has 0 N–H and O–H groups in total. The fourth-order valence-electron chi connectivity index (χ4n) is 1.19. The first-order chi connectivity index (χ1) is 7.09. The third-order valence-electron chi connectivity index (χ3n) is 1.98. The van der Waals surface area contributed by atoms with Crippen molar-refractivity contribution < 1.29 is 8.78 Å². The zero-order valence-corrected chi connectivity index (χ0v) is 9.29. The van der Waals surface area contributed by atoms with Crippen LogP contribution >= 0.6 is 22.9 Å². The van der Waals surface area contributed by atoms with Crippen molar-refractivity contribution in [3.8, 4) is 10.6 Å². The van der Waals surface area contributed by atoms with Gasteiger partial charge in [0.15, 0.2) is 11.6 Å². The van der Waals surface area contributed by atoms with Gasteiger partial charge in [0.2, 0.25) is 0 Å². The lowest BCUT2D eigenvalue weighted by atomic mass is 10.1. The minimum absolute atomic E-state index is 0.148. The standard InChI is InChI=1S/C10H6ClF2NS/c1-5-2-3-6(9(13)8(5)12)10-14-7(11)4-15-10/h2-4H,1H3. The van der Waals surface area contributed by atoms with E-state index in [4.69, 9.17) is 11.6 Å². The lowest BCUT2D eigenvalue weighted by molar-refractivity contribution is 0.505. The minimum Gasteiger partial charge on any atom is -0.224 e. The summed E-state index contributed by atoms with van der Waals surface area (Å²) in [6, 6.07) is 3.02. The number of nitrogens with zero attached hydrogens (tertiary/aromatic N) is 1. The molecule has 0 aliphatic heterocycles. The quantitative estimate of drug-likeness (QED) is 0.739. The van der Waals surface area contributed by atoms with Crippen LogP contribution in [-0.2, 0) is 0 Å². The van der Waals surface area contributed by atoms with E-state index in [2.05, 4.69) is 4.98 Å². The molecule has 1 nitrogen and oxygen atoms in total. The Morgan fingerprint density at radius 3 is 2.60 bits per heavy atom. The summed E-state index contributed by atoms with van der Waals surface area (Å²) in [4.78, 5) is 3.89. The summed E-state index contributed by atoms with van der Waals surface area (Å²) in [5.41, 5.74) is 0.425. The Balaban J connectivity index is 2.59. The van der Waals surface area contributed by atoms with Gasteiger partial charge in [0.1, 0.15) is 10.2 Å². The first kappa shape index (κ1) is 10.5. The van der Waals surface area contributed by atoms with E-state index in [0.717, 1.165) is 0 Å². The Morgan fingerprint density at radius 1 is 1.27 bits per heavy atom. The maximum Gasteiger partial charge on any atom is 0.169 e. The topological polar surface area (TPSA) is 12.9 Å². The molecule has 0 atom stereocenters. The van der Waals surface area contributed by atoms with Crippen LogP contribution in [0.25, 0.3) is 10.6 Å². The van der Waals surface area contributed by atoms with Gasteiger partial charge in [-0.2, -0.15) is 0 Å². The van der Waals surface area contributed by atoms with E-state index in [-0.39, 0.29) is 16.3 Å². The molecule has 0 bridgehead atoms. The molecule has 0 unspecified atom stereocenters. The normalized spacial score (nSPS) is 10.7. The predicted octanol–water partition coefficient (Wildman–Crippen LogP) is 4.05. The molecule has 0 saturated carbocycles. The van der Waals surface area contributed by atoms with E-state index >= 15 is 0 Å². The van der Waals surface area contributed by atoms with Crippen LogP contribution in [0.5, 0.6) is 0 Å². The van der Waals surface area contributed by atoms with Gasteiger partial charge in [0.25, 0.3) is 0 Å². The summed E-state index contributed by atoms with van der Waals surface area (Å²) in [6.45, 7) is 1.51. The zero-order valence-electron chi connectivity index (χ0n) is 7.72. The van der Waals surface area contributed by atoms with Gasteiger partial charge in [0.05, 0.1) is 0 Å². The molecule has 15 heavy (non-hydrogen) atoms. The molecule has 1 heterocycles. The van der Waals surface area contributed by atoms with E-state index < -0.39 is 11.6 Å². The van der Waals surface area contributed by atoms with E-state index in [1.165, 1.54) is 30.4 Å². The van der Waals surface area contributed by atoms with Gasteiger partial charge in [0, 0.05) is 10.9 Å². The highest BCUT2D eigenvalue weighted by Gasteiger charge is 2.14. The molecule has 0 aliphatic carbocycles. The minimum atomic E-state index is -0.874. The molecule has 0 amide bonds. The summed E-state index contributed by atoms with van der Waals surface area (Å²) >= 11 is 6.80. The zero-order chi connectivity index (χ0) is 11.0. The van der Waals surface area contributed by atoms with Crippen LogP contribution in [0.15, 0.2) is 17.5 Å². The summed E-state index contributed by atoms with van der Waals surface area (Å²) < 4.78 is 26.8. The molecule has 1 aromatic heterocycles. The molecule has 5 heteroatoms. The number of hydrogen-bond donors (Lipinski definition) is 0. The van der Waals surface area contributed by atoms with Crippen LogP contribution in [0.4, 0.5) is 8.78 Å². The van der Waals surface area contributed by atoms with Crippen molar-refractivity contribution in [2.45, 2.75) is 6.92 Å². The van der Waals surface area contributed by atoms with E-state index in [1.807, 2.05) is 0 Å². The molecule has 1 aromatic carbocycles. The number of halogens is 3. The van der Waals surface area contributed by atoms with Crippen molar-refractivity contribution in [1.82, 2.24) is 4.98 Å². The fourth-order valence-corrected chi connectivity index (χ4v) is 2.15. The highest BCUT2D eigenvalue weighted by molar-refractivity contribution is 7.13. The van der Waals surface area contributed by atoms with E-state index in [1.54, 1.807) is 5.38 Å². The van der Waals surface area contributed by atoms with Gasteiger partial charge in [-0.1, -0.05) is 17.7 Å². The first-order valence-corrected chi connectivity index (χ1v) is 5.41.